The minimum absolute atomic E-state index is 0.566. The first kappa shape index (κ1) is 9.09. The average Bonchev–Trinajstić information content (AvgIpc) is 2.62. The third-order valence-corrected chi connectivity index (χ3v) is 2.26. The second-order valence-electron chi connectivity index (χ2n) is 3.10. The van der Waals surface area contributed by atoms with Crippen molar-refractivity contribution in [1.29, 1.82) is 0 Å². The lowest BCUT2D eigenvalue weighted by molar-refractivity contribution is 0.135. The van der Waals surface area contributed by atoms with E-state index in [4.69, 9.17) is 9.47 Å². The summed E-state index contributed by atoms with van der Waals surface area (Å²) in [5.74, 6) is 0.900. The van der Waals surface area contributed by atoms with Crippen LogP contribution in [0.4, 0.5) is 0 Å². The highest BCUT2D eigenvalue weighted by molar-refractivity contribution is 5.86. The number of methoxy groups -OCH3 is 2. The smallest absolute Gasteiger partial charge is 0.128 e. The average molecular weight is 191 g/mol. The van der Waals surface area contributed by atoms with E-state index >= 15 is 0 Å². The topological polar surface area (TPSA) is 23.4 Å². The zero-order valence-electron chi connectivity index (χ0n) is 8.36. The van der Waals surface area contributed by atoms with E-state index in [1.165, 1.54) is 0 Å². The van der Waals surface area contributed by atoms with Gasteiger partial charge in [-0.15, -0.1) is 0 Å². The van der Waals surface area contributed by atoms with Crippen molar-refractivity contribution in [3.63, 3.8) is 0 Å². The van der Waals surface area contributed by atoms with Crippen LogP contribution >= 0.6 is 0 Å². The molecular weight excluding hydrogens is 178 g/mol. The first-order chi connectivity index (χ1) is 6.86. The Balaban J connectivity index is 2.57. The highest BCUT2D eigenvalue weighted by Gasteiger charge is 2.04. The molecule has 0 saturated carbocycles. The Hall–Kier alpha value is -1.48. The van der Waals surface area contributed by atoms with Crippen molar-refractivity contribution in [3.8, 4) is 5.75 Å². The molecular formula is C11H13NO2. The molecule has 0 aliphatic rings. The maximum absolute atomic E-state index is 5.26. The molecule has 3 nitrogen and oxygen atoms in total. The number of fused-ring (bicyclic) bond motifs is 1. The summed E-state index contributed by atoms with van der Waals surface area (Å²) in [6, 6.07) is 8.02. The summed E-state index contributed by atoms with van der Waals surface area (Å²) >= 11 is 0. The van der Waals surface area contributed by atoms with Gasteiger partial charge in [-0.1, -0.05) is 6.07 Å². The molecule has 0 saturated heterocycles. The van der Waals surface area contributed by atoms with Crippen molar-refractivity contribution in [2.24, 2.45) is 0 Å². The Kier molecular flexibility index (Phi) is 2.41. The standard InChI is InChI=1S/C11H13NO2/c1-13-8-12-7-6-9-10(12)4-3-5-11(9)14-2/h3-7H,8H2,1-2H3. The molecule has 1 heterocycles. The predicted molar refractivity (Wildman–Crippen MR) is 55.5 cm³/mol. The van der Waals surface area contributed by atoms with E-state index in [2.05, 4.69) is 6.07 Å². The lowest BCUT2D eigenvalue weighted by Gasteiger charge is -2.04. The Morgan fingerprint density at radius 2 is 2.07 bits per heavy atom. The van der Waals surface area contributed by atoms with Crippen LogP contribution in [-0.4, -0.2) is 18.8 Å². The largest absolute Gasteiger partial charge is 0.496 e. The fourth-order valence-electron chi connectivity index (χ4n) is 1.62. The van der Waals surface area contributed by atoms with E-state index in [1.807, 2.05) is 29.0 Å². The Morgan fingerprint density at radius 1 is 1.21 bits per heavy atom. The number of ether oxygens (including phenoxy) is 2. The third kappa shape index (κ3) is 1.36. The highest BCUT2D eigenvalue weighted by atomic mass is 16.5. The lowest BCUT2D eigenvalue weighted by Crippen LogP contribution is -1.97. The summed E-state index contributed by atoms with van der Waals surface area (Å²) in [7, 11) is 3.37. The van der Waals surface area contributed by atoms with Crippen LogP contribution in [0.2, 0.25) is 0 Å². The van der Waals surface area contributed by atoms with E-state index in [1.54, 1.807) is 14.2 Å². The minimum Gasteiger partial charge on any atom is -0.496 e. The van der Waals surface area contributed by atoms with Gasteiger partial charge >= 0.3 is 0 Å². The zero-order valence-corrected chi connectivity index (χ0v) is 8.36. The van der Waals surface area contributed by atoms with Gasteiger partial charge in [-0.3, -0.25) is 0 Å². The van der Waals surface area contributed by atoms with Crippen LogP contribution in [0.25, 0.3) is 10.9 Å². The summed E-state index contributed by atoms with van der Waals surface area (Å²) in [6.45, 7) is 0.566. The molecule has 0 radical (unpaired) electrons. The fraction of sp³-hybridized carbons (Fsp3) is 0.273. The van der Waals surface area contributed by atoms with Crippen LogP contribution in [0.3, 0.4) is 0 Å². The predicted octanol–water partition coefficient (Wildman–Crippen LogP) is 2.25. The highest BCUT2D eigenvalue weighted by Crippen LogP contribution is 2.25. The van der Waals surface area contributed by atoms with Gasteiger partial charge in [0.05, 0.1) is 12.6 Å². The lowest BCUT2D eigenvalue weighted by atomic mass is 10.2. The van der Waals surface area contributed by atoms with Gasteiger partial charge in [0, 0.05) is 18.7 Å². The van der Waals surface area contributed by atoms with Crippen LogP contribution in [0.5, 0.6) is 5.75 Å². The summed E-state index contributed by atoms with van der Waals surface area (Å²) in [6.07, 6.45) is 2.00. The van der Waals surface area contributed by atoms with Crippen molar-refractivity contribution >= 4 is 10.9 Å². The van der Waals surface area contributed by atoms with Crippen LogP contribution in [0.1, 0.15) is 0 Å². The van der Waals surface area contributed by atoms with Gasteiger partial charge in [0.25, 0.3) is 0 Å². The third-order valence-electron chi connectivity index (χ3n) is 2.26. The molecule has 0 unspecified atom stereocenters. The minimum atomic E-state index is 0.566. The van der Waals surface area contributed by atoms with Crippen molar-refractivity contribution in [2.45, 2.75) is 6.73 Å². The van der Waals surface area contributed by atoms with Gasteiger partial charge in [0.15, 0.2) is 0 Å². The number of rotatable bonds is 3. The van der Waals surface area contributed by atoms with E-state index in [0.29, 0.717) is 6.73 Å². The van der Waals surface area contributed by atoms with E-state index in [-0.39, 0.29) is 0 Å². The van der Waals surface area contributed by atoms with E-state index < -0.39 is 0 Å². The molecule has 1 aromatic heterocycles. The van der Waals surface area contributed by atoms with Crippen LogP contribution in [-0.2, 0) is 11.5 Å². The van der Waals surface area contributed by atoms with Gasteiger partial charge < -0.3 is 14.0 Å². The quantitative estimate of drug-likeness (QED) is 0.742. The fourth-order valence-corrected chi connectivity index (χ4v) is 1.62. The van der Waals surface area contributed by atoms with Crippen LogP contribution < -0.4 is 4.74 Å². The van der Waals surface area contributed by atoms with E-state index in [9.17, 15) is 0 Å². The second-order valence-corrected chi connectivity index (χ2v) is 3.10. The Labute approximate surface area is 82.9 Å². The van der Waals surface area contributed by atoms with Gasteiger partial charge in [0.2, 0.25) is 0 Å². The number of benzene rings is 1. The molecule has 1 aromatic carbocycles. The molecule has 0 aliphatic carbocycles. The zero-order chi connectivity index (χ0) is 9.97. The van der Waals surface area contributed by atoms with E-state index in [0.717, 1.165) is 16.7 Å². The Morgan fingerprint density at radius 3 is 2.79 bits per heavy atom. The van der Waals surface area contributed by atoms with Crippen molar-refractivity contribution in [2.75, 3.05) is 14.2 Å². The molecule has 2 aromatic rings. The first-order valence-electron chi connectivity index (χ1n) is 4.47. The first-order valence-corrected chi connectivity index (χ1v) is 4.47. The molecule has 0 bridgehead atoms. The van der Waals surface area contributed by atoms with Crippen LogP contribution in [0.15, 0.2) is 30.5 Å². The molecule has 0 aliphatic heterocycles. The molecule has 0 spiro atoms. The number of aromatic nitrogens is 1. The SMILES string of the molecule is COCn1ccc2c(OC)cccc21. The maximum atomic E-state index is 5.26. The van der Waals surface area contributed by atoms with Gasteiger partial charge in [-0.25, -0.2) is 0 Å². The van der Waals surface area contributed by atoms with Crippen LogP contribution in [0, 0.1) is 0 Å². The monoisotopic (exact) mass is 191 g/mol. The molecule has 14 heavy (non-hydrogen) atoms. The van der Waals surface area contributed by atoms with Crippen molar-refractivity contribution in [1.82, 2.24) is 4.57 Å². The molecule has 3 heteroatoms. The Bertz CT molecular complexity index is 434. The summed E-state index contributed by atoms with van der Waals surface area (Å²) in [5, 5.41) is 1.12. The molecule has 2 rings (SSSR count). The number of hydrogen-bond acceptors (Lipinski definition) is 2. The summed E-state index contributed by atoms with van der Waals surface area (Å²) < 4.78 is 12.4. The van der Waals surface area contributed by atoms with Gasteiger partial charge in [0.1, 0.15) is 12.5 Å². The maximum Gasteiger partial charge on any atom is 0.128 e. The molecule has 74 valence electrons. The normalized spacial score (nSPS) is 10.7. The van der Waals surface area contributed by atoms with Crippen molar-refractivity contribution < 1.29 is 9.47 Å². The van der Waals surface area contributed by atoms with Gasteiger partial charge in [-0.2, -0.15) is 0 Å². The molecule has 0 atom stereocenters. The molecule has 0 N–H and O–H groups in total. The number of nitrogens with zero attached hydrogens (tertiary/aromatic N) is 1. The molecule has 0 amide bonds. The summed E-state index contributed by atoms with van der Waals surface area (Å²) in [4.78, 5) is 0. The molecule has 0 fully saturated rings. The summed E-state index contributed by atoms with van der Waals surface area (Å²) in [5.41, 5.74) is 1.13. The second kappa shape index (κ2) is 3.72. The number of hydrogen-bond donors (Lipinski definition) is 0. The van der Waals surface area contributed by atoms with Crippen molar-refractivity contribution in [3.05, 3.63) is 30.5 Å². The van der Waals surface area contributed by atoms with Gasteiger partial charge in [-0.05, 0) is 18.2 Å².